The zero-order valence-electron chi connectivity index (χ0n) is 10.4. The molecule has 1 N–H and O–H groups in total. The Morgan fingerprint density at radius 3 is 2.35 bits per heavy atom. The number of benzene rings is 2. The third-order valence-corrected chi connectivity index (χ3v) is 3.90. The molecule has 0 saturated heterocycles. The molecule has 0 saturated carbocycles. The van der Waals surface area contributed by atoms with Gasteiger partial charge in [0.15, 0.2) is 0 Å². The number of hydrogen-bond donors (Lipinski definition) is 1. The maximum Gasteiger partial charge on any atom is 0.127 e. The zero-order valence-corrected chi connectivity index (χ0v) is 12.7. The molecule has 1 unspecified atom stereocenters. The van der Waals surface area contributed by atoms with Gasteiger partial charge in [-0.1, -0.05) is 46.9 Å². The Labute approximate surface area is 131 Å². The molecule has 5 heteroatoms. The third kappa shape index (κ3) is 4.10. The van der Waals surface area contributed by atoms with Crippen LogP contribution in [-0.4, -0.2) is 11.2 Å². The van der Waals surface area contributed by atoms with Crippen LogP contribution >= 0.6 is 34.8 Å². The maximum atomic E-state index is 13.6. The molecule has 2 aromatic rings. The SMILES string of the molecule is OC(Cc1ccc(Cl)c(Cl)c1)Cc1ccc(Cl)cc1F. The van der Waals surface area contributed by atoms with Crippen LogP contribution in [0, 0.1) is 5.82 Å². The van der Waals surface area contributed by atoms with E-state index < -0.39 is 11.9 Å². The van der Waals surface area contributed by atoms with Gasteiger partial charge in [0.1, 0.15) is 5.82 Å². The summed E-state index contributed by atoms with van der Waals surface area (Å²) >= 11 is 17.4. The quantitative estimate of drug-likeness (QED) is 0.841. The standard InChI is InChI=1S/C15H12Cl3FO/c16-11-3-2-10(15(19)8-11)7-12(20)5-9-1-4-13(17)14(18)6-9/h1-4,6,8,12,20H,5,7H2. The van der Waals surface area contributed by atoms with Gasteiger partial charge in [0.25, 0.3) is 0 Å². The molecule has 0 heterocycles. The first-order valence-corrected chi connectivity index (χ1v) is 7.15. The number of aliphatic hydroxyl groups is 1. The summed E-state index contributed by atoms with van der Waals surface area (Å²) in [7, 11) is 0. The number of halogens is 4. The van der Waals surface area contributed by atoms with E-state index in [1.54, 1.807) is 30.3 Å². The van der Waals surface area contributed by atoms with Gasteiger partial charge in [0, 0.05) is 11.4 Å². The summed E-state index contributed by atoms with van der Waals surface area (Å²) in [5, 5.41) is 11.3. The summed E-state index contributed by atoms with van der Waals surface area (Å²) in [5.74, 6) is -0.411. The summed E-state index contributed by atoms with van der Waals surface area (Å²) in [5.41, 5.74) is 1.28. The highest BCUT2D eigenvalue weighted by Crippen LogP contribution is 2.24. The Morgan fingerprint density at radius 2 is 1.70 bits per heavy atom. The van der Waals surface area contributed by atoms with E-state index in [9.17, 15) is 9.50 Å². The predicted molar refractivity (Wildman–Crippen MR) is 81.3 cm³/mol. The van der Waals surface area contributed by atoms with E-state index in [1.807, 2.05) is 0 Å². The molecule has 0 fully saturated rings. The monoisotopic (exact) mass is 332 g/mol. The fourth-order valence-corrected chi connectivity index (χ4v) is 2.43. The van der Waals surface area contributed by atoms with Gasteiger partial charge in [-0.3, -0.25) is 0 Å². The van der Waals surface area contributed by atoms with Gasteiger partial charge in [-0.2, -0.15) is 0 Å². The molecule has 0 aliphatic heterocycles. The first kappa shape index (κ1) is 15.6. The van der Waals surface area contributed by atoms with Gasteiger partial charge in [0.2, 0.25) is 0 Å². The normalized spacial score (nSPS) is 12.4. The van der Waals surface area contributed by atoms with Crippen molar-refractivity contribution in [3.8, 4) is 0 Å². The Balaban J connectivity index is 2.04. The molecular formula is C15H12Cl3FO. The molecule has 0 aromatic heterocycles. The first-order chi connectivity index (χ1) is 9.45. The van der Waals surface area contributed by atoms with Crippen molar-refractivity contribution in [1.82, 2.24) is 0 Å². The Kier molecular flexibility index (Phi) is 5.28. The first-order valence-electron chi connectivity index (χ1n) is 6.01. The van der Waals surface area contributed by atoms with Crippen LogP contribution in [0.1, 0.15) is 11.1 Å². The van der Waals surface area contributed by atoms with Gasteiger partial charge >= 0.3 is 0 Å². The summed E-state index contributed by atoms with van der Waals surface area (Å²) in [6, 6.07) is 9.58. The number of hydrogen-bond acceptors (Lipinski definition) is 1. The Hall–Kier alpha value is -0.800. The lowest BCUT2D eigenvalue weighted by molar-refractivity contribution is 0.174. The molecule has 0 aliphatic rings. The van der Waals surface area contributed by atoms with Crippen molar-refractivity contribution in [3.63, 3.8) is 0 Å². The van der Waals surface area contributed by atoms with Crippen LogP contribution in [0.2, 0.25) is 15.1 Å². The van der Waals surface area contributed by atoms with Crippen molar-refractivity contribution in [2.45, 2.75) is 18.9 Å². The molecule has 1 atom stereocenters. The molecule has 0 spiro atoms. The molecule has 0 radical (unpaired) electrons. The van der Waals surface area contributed by atoms with E-state index >= 15 is 0 Å². The fourth-order valence-electron chi connectivity index (χ4n) is 1.95. The molecule has 20 heavy (non-hydrogen) atoms. The van der Waals surface area contributed by atoms with Crippen LogP contribution in [0.15, 0.2) is 36.4 Å². The lowest BCUT2D eigenvalue weighted by Gasteiger charge is -2.12. The second-order valence-electron chi connectivity index (χ2n) is 4.55. The van der Waals surface area contributed by atoms with Crippen LogP contribution in [-0.2, 0) is 12.8 Å². The van der Waals surface area contributed by atoms with Crippen molar-refractivity contribution in [2.24, 2.45) is 0 Å². The van der Waals surface area contributed by atoms with Crippen LogP contribution in [0.5, 0.6) is 0 Å². The van der Waals surface area contributed by atoms with Gasteiger partial charge in [-0.15, -0.1) is 0 Å². The lowest BCUT2D eigenvalue weighted by atomic mass is 10.0. The van der Waals surface area contributed by atoms with E-state index in [4.69, 9.17) is 34.8 Å². The molecule has 1 nitrogen and oxygen atoms in total. The highest BCUT2D eigenvalue weighted by molar-refractivity contribution is 6.42. The predicted octanol–water partition coefficient (Wildman–Crippen LogP) is 4.93. The lowest BCUT2D eigenvalue weighted by Crippen LogP contribution is -2.14. The maximum absolute atomic E-state index is 13.6. The highest BCUT2D eigenvalue weighted by Gasteiger charge is 2.11. The molecule has 0 aliphatic carbocycles. The summed E-state index contributed by atoms with van der Waals surface area (Å²) in [6.07, 6.45) is -0.120. The minimum atomic E-state index is -0.706. The minimum Gasteiger partial charge on any atom is -0.392 e. The molecule has 0 bridgehead atoms. The largest absolute Gasteiger partial charge is 0.392 e. The minimum absolute atomic E-state index is 0.212. The van der Waals surface area contributed by atoms with Gasteiger partial charge in [0.05, 0.1) is 16.1 Å². The van der Waals surface area contributed by atoms with Gasteiger partial charge < -0.3 is 5.11 Å². The molecule has 2 aromatic carbocycles. The van der Waals surface area contributed by atoms with E-state index in [-0.39, 0.29) is 6.42 Å². The molecule has 2 rings (SSSR count). The zero-order chi connectivity index (χ0) is 14.7. The second kappa shape index (κ2) is 6.77. The molecule has 106 valence electrons. The van der Waals surface area contributed by atoms with Crippen LogP contribution in [0.25, 0.3) is 0 Å². The van der Waals surface area contributed by atoms with Gasteiger partial charge in [-0.25, -0.2) is 4.39 Å². The van der Waals surface area contributed by atoms with E-state index in [1.165, 1.54) is 6.07 Å². The molecule has 0 amide bonds. The summed E-state index contributed by atoms with van der Waals surface area (Å²) in [6.45, 7) is 0. The Bertz CT molecular complexity index is 616. The van der Waals surface area contributed by atoms with Crippen LogP contribution in [0.4, 0.5) is 4.39 Å². The third-order valence-electron chi connectivity index (χ3n) is 2.93. The van der Waals surface area contributed by atoms with Crippen LogP contribution < -0.4 is 0 Å². The van der Waals surface area contributed by atoms with E-state index in [2.05, 4.69) is 0 Å². The molecular weight excluding hydrogens is 322 g/mol. The van der Waals surface area contributed by atoms with Crippen molar-refractivity contribution in [3.05, 3.63) is 68.4 Å². The average Bonchev–Trinajstić information content (AvgIpc) is 2.37. The van der Waals surface area contributed by atoms with Crippen molar-refractivity contribution >= 4 is 34.8 Å². The van der Waals surface area contributed by atoms with Crippen LogP contribution in [0.3, 0.4) is 0 Å². The van der Waals surface area contributed by atoms with E-state index in [0.717, 1.165) is 5.56 Å². The number of aliphatic hydroxyl groups excluding tert-OH is 1. The van der Waals surface area contributed by atoms with Crippen molar-refractivity contribution in [2.75, 3.05) is 0 Å². The van der Waals surface area contributed by atoms with Crippen molar-refractivity contribution < 1.29 is 9.50 Å². The second-order valence-corrected chi connectivity index (χ2v) is 5.80. The van der Waals surface area contributed by atoms with Crippen molar-refractivity contribution in [1.29, 1.82) is 0 Å². The van der Waals surface area contributed by atoms with Gasteiger partial charge in [-0.05, 0) is 41.8 Å². The Morgan fingerprint density at radius 1 is 0.950 bits per heavy atom. The number of rotatable bonds is 4. The summed E-state index contributed by atoms with van der Waals surface area (Å²) in [4.78, 5) is 0. The average molecular weight is 334 g/mol. The topological polar surface area (TPSA) is 20.2 Å². The smallest absolute Gasteiger partial charge is 0.127 e. The fraction of sp³-hybridized carbons (Fsp3) is 0.200. The summed E-state index contributed by atoms with van der Waals surface area (Å²) < 4.78 is 13.6. The van der Waals surface area contributed by atoms with E-state index in [0.29, 0.717) is 27.1 Å². The highest BCUT2D eigenvalue weighted by atomic mass is 35.5.